The number of thiol groups is 1. The highest BCUT2D eigenvalue weighted by molar-refractivity contribution is 7.80. The molecule has 3 rings (SSSR count). The molecule has 0 bridgehead atoms. The molecule has 3 atom stereocenters. The van der Waals surface area contributed by atoms with Crippen LogP contribution in [0.2, 0.25) is 0 Å². The minimum atomic E-state index is 0.588. The van der Waals surface area contributed by atoms with Crippen molar-refractivity contribution in [1.29, 1.82) is 0 Å². The number of hydrogen-bond acceptors (Lipinski definition) is 2. The average molecular weight is 275 g/mol. The lowest BCUT2D eigenvalue weighted by Gasteiger charge is -2.33. The van der Waals surface area contributed by atoms with Crippen LogP contribution in [0.15, 0.2) is 30.3 Å². The van der Waals surface area contributed by atoms with Gasteiger partial charge in [0.1, 0.15) is 0 Å². The standard InChI is InChI=1S/C17H25NS/c19-13-16(14-6-2-1-3-7-14)12-18-11-10-15-8-4-5-9-17(15)18/h1-3,6-7,15-17,19H,4-5,8-13H2. The van der Waals surface area contributed by atoms with E-state index in [0.717, 1.165) is 17.7 Å². The van der Waals surface area contributed by atoms with Gasteiger partial charge in [0.2, 0.25) is 0 Å². The molecule has 0 N–H and O–H groups in total. The van der Waals surface area contributed by atoms with Crippen molar-refractivity contribution >= 4 is 12.6 Å². The number of benzene rings is 1. The van der Waals surface area contributed by atoms with Gasteiger partial charge in [-0.25, -0.2) is 0 Å². The largest absolute Gasteiger partial charge is 0.299 e. The van der Waals surface area contributed by atoms with Crippen LogP contribution >= 0.6 is 12.6 Å². The first-order chi connectivity index (χ1) is 9.38. The van der Waals surface area contributed by atoms with Crippen molar-refractivity contribution in [2.75, 3.05) is 18.8 Å². The fraction of sp³-hybridized carbons (Fsp3) is 0.647. The van der Waals surface area contributed by atoms with Crippen LogP contribution < -0.4 is 0 Å². The molecule has 19 heavy (non-hydrogen) atoms. The highest BCUT2D eigenvalue weighted by Crippen LogP contribution is 2.37. The molecule has 1 aromatic carbocycles. The summed E-state index contributed by atoms with van der Waals surface area (Å²) >= 11 is 4.59. The van der Waals surface area contributed by atoms with Crippen LogP contribution in [0, 0.1) is 5.92 Å². The third-order valence-electron chi connectivity index (χ3n) is 5.07. The van der Waals surface area contributed by atoms with Crippen LogP contribution in [0.3, 0.4) is 0 Å². The van der Waals surface area contributed by atoms with Gasteiger partial charge in [0.05, 0.1) is 0 Å². The van der Waals surface area contributed by atoms with Crippen LogP contribution in [0.4, 0.5) is 0 Å². The molecule has 2 heteroatoms. The van der Waals surface area contributed by atoms with Crippen molar-refractivity contribution in [2.45, 2.75) is 44.1 Å². The zero-order valence-corrected chi connectivity index (χ0v) is 12.6. The summed E-state index contributed by atoms with van der Waals surface area (Å²) < 4.78 is 0. The predicted octanol–water partition coefficient (Wildman–Crippen LogP) is 3.96. The molecule has 1 saturated carbocycles. The Morgan fingerprint density at radius 1 is 1.11 bits per heavy atom. The highest BCUT2D eigenvalue weighted by Gasteiger charge is 2.36. The zero-order valence-electron chi connectivity index (χ0n) is 11.7. The Labute approximate surface area is 122 Å². The molecule has 1 heterocycles. The van der Waals surface area contributed by atoms with Gasteiger partial charge in [0.15, 0.2) is 0 Å². The van der Waals surface area contributed by atoms with Crippen LogP contribution in [-0.4, -0.2) is 29.8 Å². The van der Waals surface area contributed by atoms with Gasteiger partial charge in [-0.3, -0.25) is 4.90 Å². The SMILES string of the molecule is SCC(CN1CCC2CCCCC21)c1ccccc1. The lowest BCUT2D eigenvalue weighted by Crippen LogP contribution is -2.37. The molecule has 2 fully saturated rings. The van der Waals surface area contributed by atoms with Gasteiger partial charge in [-0.15, -0.1) is 0 Å². The third-order valence-corrected chi connectivity index (χ3v) is 5.51. The van der Waals surface area contributed by atoms with E-state index in [-0.39, 0.29) is 0 Å². The molecular formula is C17H25NS. The van der Waals surface area contributed by atoms with Crippen molar-refractivity contribution in [3.8, 4) is 0 Å². The number of nitrogens with zero attached hydrogens (tertiary/aromatic N) is 1. The van der Waals surface area contributed by atoms with E-state index in [4.69, 9.17) is 0 Å². The van der Waals surface area contributed by atoms with Gasteiger partial charge >= 0.3 is 0 Å². The minimum absolute atomic E-state index is 0.588. The van der Waals surface area contributed by atoms with E-state index < -0.39 is 0 Å². The van der Waals surface area contributed by atoms with E-state index in [1.54, 1.807) is 0 Å². The first-order valence-electron chi connectivity index (χ1n) is 7.78. The second kappa shape index (κ2) is 6.32. The van der Waals surface area contributed by atoms with Crippen molar-refractivity contribution in [3.63, 3.8) is 0 Å². The van der Waals surface area contributed by atoms with Crippen LogP contribution in [0.25, 0.3) is 0 Å². The molecule has 0 radical (unpaired) electrons. The van der Waals surface area contributed by atoms with Crippen molar-refractivity contribution in [2.24, 2.45) is 5.92 Å². The summed E-state index contributed by atoms with van der Waals surface area (Å²) in [5.74, 6) is 2.54. The molecule has 3 unspecified atom stereocenters. The first kappa shape index (κ1) is 13.5. The van der Waals surface area contributed by atoms with Gasteiger partial charge in [-0.05, 0) is 43.0 Å². The normalized spacial score (nSPS) is 29.1. The predicted molar refractivity (Wildman–Crippen MR) is 85.0 cm³/mol. The van der Waals surface area contributed by atoms with Gasteiger partial charge in [0, 0.05) is 18.5 Å². The summed E-state index contributed by atoms with van der Waals surface area (Å²) in [5.41, 5.74) is 1.46. The fourth-order valence-electron chi connectivity index (χ4n) is 4.01. The topological polar surface area (TPSA) is 3.24 Å². The maximum atomic E-state index is 4.59. The first-order valence-corrected chi connectivity index (χ1v) is 8.41. The van der Waals surface area contributed by atoms with E-state index in [0.29, 0.717) is 5.92 Å². The molecule has 1 nitrogen and oxygen atoms in total. The Hall–Kier alpha value is -0.470. The number of rotatable bonds is 4. The smallest absolute Gasteiger partial charge is 0.0124 e. The molecule has 1 aliphatic carbocycles. The number of hydrogen-bond donors (Lipinski definition) is 1. The average Bonchev–Trinajstić information content (AvgIpc) is 2.89. The summed E-state index contributed by atoms with van der Waals surface area (Å²) in [4.78, 5) is 2.76. The number of fused-ring (bicyclic) bond motifs is 1. The van der Waals surface area contributed by atoms with Crippen LogP contribution in [0.1, 0.15) is 43.6 Å². The molecule has 2 aliphatic rings. The summed E-state index contributed by atoms with van der Waals surface area (Å²) in [6.07, 6.45) is 7.23. The van der Waals surface area contributed by atoms with Crippen LogP contribution in [0.5, 0.6) is 0 Å². The van der Waals surface area contributed by atoms with Crippen molar-refractivity contribution < 1.29 is 0 Å². The lowest BCUT2D eigenvalue weighted by atomic mass is 9.85. The van der Waals surface area contributed by atoms with Gasteiger partial charge in [-0.2, -0.15) is 12.6 Å². The molecular weight excluding hydrogens is 250 g/mol. The fourth-order valence-corrected chi connectivity index (χ4v) is 4.33. The van der Waals surface area contributed by atoms with E-state index >= 15 is 0 Å². The van der Waals surface area contributed by atoms with E-state index in [9.17, 15) is 0 Å². The Balaban J connectivity index is 1.66. The zero-order chi connectivity index (χ0) is 13.1. The lowest BCUT2D eigenvalue weighted by molar-refractivity contribution is 0.176. The Morgan fingerprint density at radius 3 is 2.68 bits per heavy atom. The maximum Gasteiger partial charge on any atom is 0.0124 e. The second-order valence-electron chi connectivity index (χ2n) is 6.19. The molecule has 1 saturated heterocycles. The molecule has 0 spiro atoms. The van der Waals surface area contributed by atoms with Gasteiger partial charge in [-0.1, -0.05) is 43.2 Å². The Kier molecular flexibility index (Phi) is 4.49. The van der Waals surface area contributed by atoms with E-state index in [2.05, 4.69) is 47.9 Å². The second-order valence-corrected chi connectivity index (χ2v) is 6.55. The van der Waals surface area contributed by atoms with Crippen molar-refractivity contribution in [3.05, 3.63) is 35.9 Å². The van der Waals surface area contributed by atoms with Crippen LogP contribution in [-0.2, 0) is 0 Å². The van der Waals surface area contributed by atoms with Crippen molar-refractivity contribution in [1.82, 2.24) is 4.90 Å². The quantitative estimate of drug-likeness (QED) is 0.814. The van der Waals surface area contributed by atoms with Gasteiger partial charge in [0.25, 0.3) is 0 Å². The maximum absolute atomic E-state index is 4.59. The summed E-state index contributed by atoms with van der Waals surface area (Å²) in [7, 11) is 0. The molecule has 1 aromatic rings. The number of likely N-dealkylation sites (tertiary alicyclic amines) is 1. The monoisotopic (exact) mass is 275 g/mol. The van der Waals surface area contributed by atoms with E-state index in [1.807, 2.05) is 0 Å². The summed E-state index contributed by atoms with van der Waals surface area (Å²) in [5, 5.41) is 0. The summed E-state index contributed by atoms with van der Waals surface area (Å²) in [6, 6.07) is 11.8. The molecule has 1 aliphatic heterocycles. The molecule has 0 amide bonds. The minimum Gasteiger partial charge on any atom is -0.299 e. The molecule has 0 aromatic heterocycles. The van der Waals surface area contributed by atoms with Gasteiger partial charge < -0.3 is 0 Å². The Morgan fingerprint density at radius 2 is 1.89 bits per heavy atom. The highest BCUT2D eigenvalue weighted by atomic mass is 32.1. The summed E-state index contributed by atoms with van der Waals surface area (Å²) in [6.45, 7) is 2.52. The molecule has 104 valence electrons. The third kappa shape index (κ3) is 3.00. The van der Waals surface area contributed by atoms with E-state index in [1.165, 1.54) is 50.8 Å². The Bertz CT molecular complexity index is 392.